The first-order valence-electron chi connectivity index (χ1n) is 9.93. The lowest BCUT2D eigenvalue weighted by molar-refractivity contribution is -0.118. The molecule has 2 aromatic heterocycles. The van der Waals surface area contributed by atoms with Crippen molar-refractivity contribution in [3.05, 3.63) is 67.2 Å². The van der Waals surface area contributed by atoms with E-state index < -0.39 is 11.8 Å². The van der Waals surface area contributed by atoms with Gasteiger partial charge in [-0.1, -0.05) is 46.4 Å². The van der Waals surface area contributed by atoms with E-state index in [0.717, 1.165) is 0 Å². The molecule has 0 saturated heterocycles. The topological polar surface area (TPSA) is 102 Å². The Labute approximate surface area is 233 Å². The highest BCUT2D eigenvalue weighted by atomic mass is 35.5. The molecule has 0 atom stereocenters. The maximum Gasteiger partial charge on any atom is 0.264 e. The van der Waals surface area contributed by atoms with Gasteiger partial charge in [-0.25, -0.2) is 9.97 Å². The Morgan fingerprint density at radius 1 is 0.722 bits per heavy atom. The minimum Gasteiger partial charge on any atom is -0.482 e. The van der Waals surface area contributed by atoms with Gasteiger partial charge in [-0.05, 0) is 36.4 Å². The van der Waals surface area contributed by atoms with Gasteiger partial charge < -0.3 is 9.47 Å². The summed E-state index contributed by atoms with van der Waals surface area (Å²) in [7, 11) is 0. The van der Waals surface area contributed by atoms with E-state index in [2.05, 4.69) is 20.6 Å². The van der Waals surface area contributed by atoms with E-state index in [4.69, 9.17) is 55.9 Å². The summed E-state index contributed by atoms with van der Waals surface area (Å²) < 4.78 is 10.8. The summed E-state index contributed by atoms with van der Waals surface area (Å²) in [4.78, 5) is 33.1. The number of nitrogens with one attached hydrogen (secondary N) is 2. The van der Waals surface area contributed by atoms with Gasteiger partial charge in [0, 0.05) is 20.8 Å². The van der Waals surface area contributed by atoms with Crippen LogP contribution in [0.3, 0.4) is 0 Å². The molecule has 0 aliphatic carbocycles. The number of hydrogen-bond acceptors (Lipinski definition) is 8. The number of aromatic nitrogens is 2. The van der Waals surface area contributed by atoms with Gasteiger partial charge in [-0.2, -0.15) is 0 Å². The summed E-state index contributed by atoms with van der Waals surface area (Å²) in [6.07, 6.45) is 0. The van der Waals surface area contributed by atoms with Crippen LogP contribution in [0.25, 0.3) is 11.4 Å². The van der Waals surface area contributed by atoms with Crippen molar-refractivity contribution in [3.8, 4) is 22.9 Å². The van der Waals surface area contributed by atoms with Gasteiger partial charge in [0.05, 0.1) is 10.0 Å². The second-order valence-corrected chi connectivity index (χ2v) is 10.3. The molecule has 0 radical (unpaired) electrons. The molecule has 0 unspecified atom stereocenters. The molecule has 0 spiro atoms. The maximum atomic E-state index is 12.2. The van der Waals surface area contributed by atoms with E-state index >= 15 is 0 Å². The zero-order valence-corrected chi connectivity index (χ0v) is 22.5. The first-order chi connectivity index (χ1) is 17.3. The van der Waals surface area contributed by atoms with Crippen LogP contribution in [-0.2, 0) is 9.59 Å². The number of nitrogens with zero attached hydrogens (tertiary/aromatic N) is 2. The summed E-state index contributed by atoms with van der Waals surface area (Å²) in [5.74, 6) is -0.132. The van der Waals surface area contributed by atoms with Gasteiger partial charge in [-0.15, -0.1) is 22.7 Å². The lowest BCUT2D eigenvalue weighted by Crippen LogP contribution is -2.20. The molecule has 2 heterocycles. The number of thiazole rings is 2. The van der Waals surface area contributed by atoms with E-state index in [1.165, 1.54) is 34.8 Å². The molecule has 0 aliphatic rings. The average Bonchev–Trinajstić information content (AvgIpc) is 3.47. The van der Waals surface area contributed by atoms with Gasteiger partial charge in [0.25, 0.3) is 11.8 Å². The van der Waals surface area contributed by atoms with Crippen LogP contribution in [0.15, 0.2) is 47.2 Å². The van der Waals surface area contributed by atoms with Crippen molar-refractivity contribution in [1.82, 2.24) is 9.97 Å². The maximum absolute atomic E-state index is 12.2. The van der Waals surface area contributed by atoms with Gasteiger partial charge in [-0.3, -0.25) is 20.2 Å². The second kappa shape index (κ2) is 12.1. The molecular formula is C22H14Cl4N4O4S2. The Bertz CT molecular complexity index is 1310. The fourth-order valence-corrected chi connectivity index (χ4v) is 5.05. The molecule has 2 N–H and O–H groups in total. The lowest BCUT2D eigenvalue weighted by atomic mass is 10.3. The SMILES string of the molecule is O=C(COc1ccc(Cl)cc1Cl)Nc1nc(-c2csc(NC(=O)COc3ccc(Cl)cc3Cl)n2)cs1. The fourth-order valence-electron chi connectivity index (χ4n) is 2.68. The van der Waals surface area contributed by atoms with Crippen LogP contribution in [0.2, 0.25) is 20.1 Å². The summed E-state index contributed by atoms with van der Waals surface area (Å²) >= 11 is 26.2. The molecule has 0 fully saturated rings. The Morgan fingerprint density at radius 2 is 1.14 bits per heavy atom. The van der Waals surface area contributed by atoms with Gasteiger partial charge in [0.15, 0.2) is 23.5 Å². The Balaban J connectivity index is 1.27. The van der Waals surface area contributed by atoms with Crippen molar-refractivity contribution in [2.45, 2.75) is 0 Å². The highest BCUT2D eigenvalue weighted by Crippen LogP contribution is 2.30. The van der Waals surface area contributed by atoms with E-state index in [0.29, 0.717) is 53.2 Å². The molecule has 0 bridgehead atoms. The quantitative estimate of drug-likeness (QED) is 0.215. The first-order valence-corrected chi connectivity index (χ1v) is 13.2. The van der Waals surface area contributed by atoms with Crippen molar-refractivity contribution >= 4 is 91.2 Å². The zero-order chi connectivity index (χ0) is 25.7. The highest BCUT2D eigenvalue weighted by molar-refractivity contribution is 7.15. The summed E-state index contributed by atoms with van der Waals surface area (Å²) in [6.45, 7) is -0.515. The lowest BCUT2D eigenvalue weighted by Gasteiger charge is -2.07. The highest BCUT2D eigenvalue weighted by Gasteiger charge is 2.14. The normalized spacial score (nSPS) is 10.7. The molecule has 14 heteroatoms. The molecule has 8 nitrogen and oxygen atoms in total. The van der Waals surface area contributed by atoms with E-state index in [1.54, 1.807) is 35.0 Å². The molecular weight excluding hydrogens is 590 g/mol. The predicted octanol–water partition coefficient (Wildman–Crippen LogP) is 6.92. The molecule has 0 aliphatic heterocycles. The minimum atomic E-state index is -0.408. The number of amides is 2. The van der Waals surface area contributed by atoms with Gasteiger partial charge in [0.2, 0.25) is 0 Å². The number of halogens is 4. The number of ether oxygens (including phenoxy) is 2. The smallest absolute Gasteiger partial charge is 0.264 e. The molecule has 0 saturated carbocycles. The Kier molecular flexibility index (Phi) is 8.89. The van der Waals surface area contributed by atoms with Crippen LogP contribution in [0, 0.1) is 0 Å². The second-order valence-electron chi connectivity index (χ2n) is 6.90. The van der Waals surface area contributed by atoms with Crippen molar-refractivity contribution in [1.29, 1.82) is 0 Å². The van der Waals surface area contributed by atoms with Gasteiger partial charge >= 0.3 is 0 Å². The fraction of sp³-hybridized carbons (Fsp3) is 0.0909. The molecule has 36 heavy (non-hydrogen) atoms. The van der Waals surface area contributed by atoms with Crippen LogP contribution in [0.4, 0.5) is 10.3 Å². The molecule has 4 aromatic rings. The minimum absolute atomic E-state index is 0.257. The molecule has 2 aromatic carbocycles. The third kappa shape index (κ3) is 7.22. The van der Waals surface area contributed by atoms with Crippen LogP contribution < -0.4 is 20.1 Å². The summed E-state index contributed by atoms with van der Waals surface area (Å²) in [6, 6.07) is 9.43. The van der Waals surface area contributed by atoms with Crippen molar-refractivity contribution < 1.29 is 19.1 Å². The number of anilines is 2. The number of hydrogen-bond donors (Lipinski definition) is 2. The number of carbonyl (C=O) groups excluding carboxylic acids is 2. The van der Waals surface area contributed by atoms with Gasteiger partial charge in [0.1, 0.15) is 22.9 Å². The van der Waals surface area contributed by atoms with Crippen LogP contribution in [0.1, 0.15) is 0 Å². The van der Waals surface area contributed by atoms with Crippen molar-refractivity contribution in [2.24, 2.45) is 0 Å². The van der Waals surface area contributed by atoms with E-state index in [-0.39, 0.29) is 13.2 Å². The van der Waals surface area contributed by atoms with E-state index in [9.17, 15) is 9.59 Å². The van der Waals surface area contributed by atoms with Crippen LogP contribution in [0.5, 0.6) is 11.5 Å². The number of carbonyl (C=O) groups is 2. The zero-order valence-electron chi connectivity index (χ0n) is 17.9. The third-order valence-corrected chi connectivity index (χ3v) is 6.85. The average molecular weight is 604 g/mol. The molecule has 186 valence electrons. The van der Waals surface area contributed by atoms with Crippen molar-refractivity contribution in [3.63, 3.8) is 0 Å². The first kappa shape index (κ1) is 26.5. The third-order valence-electron chi connectivity index (χ3n) is 4.27. The monoisotopic (exact) mass is 602 g/mol. The van der Waals surface area contributed by atoms with Crippen LogP contribution in [-0.4, -0.2) is 35.0 Å². The van der Waals surface area contributed by atoms with E-state index in [1.807, 2.05) is 0 Å². The van der Waals surface area contributed by atoms with Crippen molar-refractivity contribution in [2.75, 3.05) is 23.8 Å². The largest absolute Gasteiger partial charge is 0.482 e. The number of benzene rings is 2. The summed E-state index contributed by atoms with van der Waals surface area (Å²) in [5.41, 5.74) is 1.08. The predicted molar refractivity (Wildman–Crippen MR) is 144 cm³/mol. The summed E-state index contributed by atoms with van der Waals surface area (Å²) in [5, 5.41) is 11.1. The molecule has 2 amide bonds. The number of rotatable bonds is 9. The standard InChI is InChI=1S/C22H14Cl4N4O4S2/c23-11-1-3-17(13(25)5-11)33-7-19(31)29-21-27-15(9-35-21)16-10-36-22(28-16)30-20(32)8-34-18-4-2-12(24)6-14(18)26/h1-6,9-10H,7-8H2,(H,27,29,31)(H,28,30,32). The Morgan fingerprint density at radius 3 is 1.53 bits per heavy atom. The molecule has 4 rings (SSSR count). The van der Waals surface area contributed by atoms with Crippen LogP contribution >= 0.6 is 69.1 Å². The Hall–Kier alpha value is -2.60.